The van der Waals surface area contributed by atoms with E-state index in [-0.39, 0.29) is 23.7 Å². The lowest BCUT2D eigenvalue weighted by Crippen LogP contribution is -2.39. The molecule has 1 aromatic carbocycles. The smallest absolute Gasteiger partial charge is 0.223 e. The average molecular weight is 264 g/mol. The first-order valence-corrected chi connectivity index (χ1v) is 6.91. The van der Waals surface area contributed by atoms with Gasteiger partial charge in [0.1, 0.15) is 5.82 Å². The van der Waals surface area contributed by atoms with Gasteiger partial charge in [-0.05, 0) is 37.4 Å². The Hall–Kier alpha value is -1.42. The van der Waals surface area contributed by atoms with Crippen molar-refractivity contribution >= 4 is 5.91 Å². The van der Waals surface area contributed by atoms with Gasteiger partial charge in [-0.3, -0.25) is 4.79 Å². The molecule has 104 valence electrons. The van der Waals surface area contributed by atoms with E-state index in [0.29, 0.717) is 18.4 Å². The molecule has 0 spiro atoms. The van der Waals surface area contributed by atoms with Gasteiger partial charge in [-0.25, -0.2) is 4.39 Å². The van der Waals surface area contributed by atoms with Crippen LogP contribution in [-0.2, 0) is 11.2 Å². The van der Waals surface area contributed by atoms with Gasteiger partial charge in [-0.1, -0.05) is 25.1 Å². The van der Waals surface area contributed by atoms with Gasteiger partial charge in [-0.2, -0.15) is 0 Å². The molecule has 0 radical (unpaired) electrons. The number of rotatable bonds is 5. The molecule has 1 fully saturated rings. The summed E-state index contributed by atoms with van der Waals surface area (Å²) in [5.41, 5.74) is 0.685. The number of hydrogen-bond donors (Lipinski definition) is 2. The van der Waals surface area contributed by atoms with Crippen LogP contribution in [0.2, 0.25) is 0 Å². The third kappa shape index (κ3) is 4.03. The van der Waals surface area contributed by atoms with E-state index in [1.807, 2.05) is 13.0 Å². The van der Waals surface area contributed by atoms with Gasteiger partial charge in [0.2, 0.25) is 5.91 Å². The van der Waals surface area contributed by atoms with Crippen LogP contribution in [0.25, 0.3) is 0 Å². The number of carbonyl (C=O) groups excluding carboxylic acids is 1. The highest BCUT2D eigenvalue weighted by atomic mass is 19.1. The van der Waals surface area contributed by atoms with Crippen molar-refractivity contribution in [3.8, 4) is 0 Å². The summed E-state index contributed by atoms with van der Waals surface area (Å²) in [6.45, 7) is 3.72. The fraction of sp³-hybridized carbons (Fsp3) is 0.533. The van der Waals surface area contributed by atoms with Crippen LogP contribution in [0.15, 0.2) is 24.3 Å². The molecular formula is C15H21FN2O. The summed E-state index contributed by atoms with van der Waals surface area (Å²) >= 11 is 0. The van der Waals surface area contributed by atoms with Crippen molar-refractivity contribution in [2.75, 3.05) is 13.1 Å². The quantitative estimate of drug-likeness (QED) is 0.852. The zero-order valence-electron chi connectivity index (χ0n) is 11.3. The summed E-state index contributed by atoms with van der Waals surface area (Å²) < 4.78 is 13.5. The Labute approximate surface area is 113 Å². The van der Waals surface area contributed by atoms with E-state index in [2.05, 4.69) is 10.6 Å². The van der Waals surface area contributed by atoms with Gasteiger partial charge in [-0.15, -0.1) is 0 Å². The van der Waals surface area contributed by atoms with E-state index in [1.165, 1.54) is 6.07 Å². The zero-order valence-corrected chi connectivity index (χ0v) is 11.3. The number of carbonyl (C=O) groups is 1. The summed E-state index contributed by atoms with van der Waals surface area (Å²) in [4.78, 5) is 12.0. The van der Waals surface area contributed by atoms with Crippen molar-refractivity contribution in [2.45, 2.75) is 32.2 Å². The maximum absolute atomic E-state index is 13.5. The Balaban J connectivity index is 1.78. The number of aryl methyl sites for hydroxylation is 1. The molecule has 0 bridgehead atoms. The minimum atomic E-state index is -0.185. The van der Waals surface area contributed by atoms with Crippen molar-refractivity contribution < 1.29 is 9.18 Å². The van der Waals surface area contributed by atoms with Gasteiger partial charge in [0.15, 0.2) is 0 Å². The molecular weight excluding hydrogens is 243 g/mol. The SMILES string of the molecule is CC(CCc1ccccc1F)C(=O)NC1CCNC1. The monoisotopic (exact) mass is 264 g/mol. The molecule has 2 rings (SSSR count). The minimum Gasteiger partial charge on any atom is -0.352 e. The van der Waals surface area contributed by atoms with Gasteiger partial charge < -0.3 is 10.6 Å². The van der Waals surface area contributed by atoms with Crippen molar-refractivity contribution in [2.24, 2.45) is 5.92 Å². The van der Waals surface area contributed by atoms with Crippen LogP contribution in [0.5, 0.6) is 0 Å². The molecule has 1 saturated heterocycles. The van der Waals surface area contributed by atoms with E-state index in [0.717, 1.165) is 19.5 Å². The lowest BCUT2D eigenvalue weighted by Gasteiger charge is -2.16. The highest BCUT2D eigenvalue weighted by Gasteiger charge is 2.20. The van der Waals surface area contributed by atoms with Crippen molar-refractivity contribution in [1.82, 2.24) is 10.6 Å². The van der Waals surface area contributed by atoms with Crippen molar-refractivity contribution in [3.05, 3.63) is 35.6 Å². The Kier molecular flexibility index (Phi) is 4.91. The molecule has 2 unspecified atom stereocenters. The third-order valence-electron chi connectivity index (χ3n) is 3.66. The Morgan fingerprint density at radius 3 is 3.00 bits per heavy atom. The van der Waals surface area contributed by atoms with E-state index in [4.69, 9.17) is 0 Å². The fourth-order valence-corrected chi connectivity index (χ4v) is 2.33. The normalized spacial score (nSPS) is 20.2. The molecule has 0 aromatic heterocycles. The molecule has 3 nitrogen and oxygen atoms in total. The van der Waals surface area contributed by atoms with Crippen LogP contribution < -0.4 is 10.6 Å². The lowest BCUT2D eigenvalue weighted by atomic mass is 9.99. The molecule has 1 aliphatic rings. The Morgan fingerprint density at radius 1 is 1.53 bits per heavy atom. The van der Waals surface area contributed by atoms with Gasteiger partial charge >= 0.3 is 0 Å². The molecule has 0 saturated carbocycles. The first-order valence-electron chi connectivity index (χ1n) is 6.91. The summed E-state index contributed by atoms with van der Waals surface area (Å²) in [5.74, 6) is -0.194. The van der Waals surface area contributed by atoms with Gasteiger partial charge in [0.05, 0.1) is 0 Å². The molecule has 4 heteroatoms. The Bertz CT molecular complexity index is 430. The molecule has 1 amide bonds. The van der Waals surface area contributed by atoms with Crippen molar-refractivity contribution in [1.29, 1.82) is 0 Å². The van der Waals surface area contributed by atoms with Crippen LogP contribution in [0, 0.1) is 11.7 Å². The number of nitrogens with one attached hydrogen (secondary N) is 2. The first kappa shape index (κ1) is 14.0. The first-order chi connectivity index (χ1) is 9.16. The molecule has 2 N–H and O–H groups in total. The predicted molar refractivity (Wildman–Crippen MR) is 73.3 cm³/mol. The summed E-state index contributed by atoms with van der Waals surface area (Å²) in [7, 11) is 0. The third-order valence-corrected chi connectivity index (χ3v) is 3.66. The summed E-state index contributed by atoms with van der Waals surface area (Å²) in [6, 6.07) is 7.00. The standard InChI is InChI=1S/C15H21FN2O/c1-11(15(19)18-13-8-9-17-10-13)6-7-12-4-2-3-5-14(12)16/h2-5,11,13,17H,6-10H2,1H3,(H,18,19). The molecule has 1 aromatic rings. The van der Waals surface area contributed by atoms with E-state index < -0.39 is 0 Å². The largest absolute Gasteiger partial charge is 0.352 e. The zero-order chi connectivity index (χ0) is 13.7. The average Bonchev–Trinajstić information content (AvgIpc) is 2.90. The predicted octanol–water partition coefficient (Wildman–Crippen LogP) is 1.87. The Morgan fingerprint density at radius 2 is 2.32 bits per heavy atom. The fourth-order valence-electron chi connectivity index (χ4n) is 2.33. The summed E-state index contributed by atoms with van der Waals surface area (Å²) in [5, 5.41) is 6.25. The molecule has 19 heavy (non-hydrogen) atoms. The molecule has 0 aliphatic carbocycles. The van der Waals surface area contributed by atoms with Crippen molar-refractivity contribution in [3.63, 3.8) is 0 Å². The maximum Gasteiger partial charge on any atom is 0.223 e. The topological polar surface area (TPSA) is 41.1 Å². The van der Waals surface area contributed by atoms with Crippen LogP contribution in [0.4, 0.5) is 4.39 Å². The number of amides is 1. The van der Waals surface area contributed by atoms with E-state index in [1.54, 1.807) is 12.1 Å². The minimum absolute atomic E-state index is 0.0741. The van der Waals surface area contributed by atoms with E-state index in [9.17, 15) is 9.18 Å². The lowest BCUT2D eigenvalue weighted by molar-refractivity contribution is -0.125. The van der Waals surface area contributed by atoms with Crippen LogP contribution >= 0.6 is 0 Å². The molecule has 1 heterocycles. The number of halogens is 1. The maximum atomic E-state index is 13.5. The molecule has 2 atom stereocenters. The second-order valence-corrected chi connectivity index (χ2v) is 5.23. The highest BCUT2D eigenvalue weighted by molar-refractivity contribution is 5.78. The second kappa shape index (κ2) is 6.66. The number of benzene rings is 1. The molecule has 1 aliphatic heterocycles. The van der Waals surface area contributed by atoms with E-state index >= 15 is 0 Å². The van der Waals surface area contributed by atoms with Gasteiger partial charge in [0, 0.05) is 18.5 Å². The highest BCUT2D eigenvalue weighted by Crippen LogP contribution is 2.13. The van der Waals surface area contributed by atoms with Crippen LogP contribution in [0.1, 0.15) is 25.3 Å². The number of hydrogen-bond acceptors (Lipinski definition) is 2. The van der Waals surface area contributed by atoms with Crippen LogP contribution in [0.3, 0.4) is 0 Å². The second-order valence-electron chi connectivity index (χ2n) is 5.23. The van der Waals surface area contributed by atoms with Gasteiger partial charge in [0.25, 0.3) is 0 Å². The van der Waals surface area contributed by atoms with Crippen LogP contribution in [-0.4, -0.2) is 25.0 Å². The summed E-state index contributed by atoms with van der Waals surface area (Å²) in [6.07, 6.45) is 2.27.